The fraction of sp³-hybridized carbons (Fsp3) is 0.500. The topological polar surface area (TPSA) is 126 Å². The predicted molar refractivity (Wildman–Crippen MR) is 148 cm³/mol. The van der Waals surface area contributed by atoms with E-state index < -0.39 is 24.2 Å². The zero-order valence-corrected chi connectivity index (χ0v) is 23.1. The Morgan fingerprint density at radius 2 is 1.74 bits per heavy atom. The Morgan fingerprint density at radius 3 is 2.46 bits per heavy atom. The summed E-state index contributed by atoms with van der Waals surface area (Å²) < 4.78 is 11.7. The van der Waals surface area contributed by atoms with E-state index in [1.165, 1.54) is 0 Å². The molecular formula is C30H41N3O6. The number of carbonyl (C=O) groups is 3. The largest absolute Gasteiger partial charge is 0.508 e. The van der Waals surface area contributed by atoms with Crippen LogP contribution in [0.1, 0.15) is 51.2 Å². The van der Waals surface area contributed by atoms with Gasteiger partial charge in [-0.15, -0.1) is 0 Å². The number of aryl methyl sites for hydroxylation is 1. The Bertz CT molecular complexity index is 1090. The number of amides is 2. The Morgan fingerprint density at radius 1 is 1.00 bits per heavy atom. The highest BCUT2D eigenvalue weighted by molar-refractivity contribution is 5.89. The van der Waals surface area contributed by atoms with Gasteiger partial charge < -0.3 is 30.5 Å². The number of hydrogen-bond acceptors (Lipinski definition) is 7. The van der Waals surface area contributed by atoms with Crippen LogP contribution in [0.25, 0.3) is 0 Å². The third-order valence-corrected chi connectivity index (χ3v) is 6.66. The number of fused-ring (bicyclic) bond motifs is 1. The van der Waals surface area contributed by atoms with Crippen LogP contribution in [0.2, 0.25) is 0 Å². The highest BCUT2D eigenvalue weighted by Crippen LogP contribution is 2.20. The number of hydrogen-bond donors (Lipinski definition) is 4. The van der Waals surface area contributed by atoms with Gasteiger partial charge in [0, 0.05) is 13.1 Å². The number of phenolic OH excluding ortho intramolecular Hbond substituents is 1. The molecule has 0 fully saturated rings. The monoisotopic (exact) mass is 539 g/mol. The maximum atomic E-state index is 13.5. The molecule has 0 bridgehead atoms. The number of phenols is 1. The number of esters is 1. The number of rotatable bonds is 5. The second kappa shape index (κ2) is 15.1. The van der Waals surface area contributed by atoms with E-state index in [-0.39, 0.29) is 23.5 Å². The number of carbonyl (C=O) groups excluding carboxylic acids is 3. The van der Waals surface area contributed by atoms with Gasteiger partial charge >= 0.3 is 5.97 Å². The van der Waals surface area contributed by atoms with Crippen LogP contribution in [0.15, 0.2) is 48.5 Å². The molecule has 0 radical (unpaired) electrons. The Kier molecular flexibility index (Phi) is 11.6. The quantitative estimate of drug-likeness (QED) is 0.431. The molecule has 3 atom stereocenters. The molecule has 0 aromatic heterocycles. The van der Waals surface area contributed by atoms with E-state index in [1.54, 1.807) is 24.3 Å². The summed E-state index contributed by atoms with van der Waals surface area (Å²) >= 11 is 0. The van der Waals surface area contributed by atoms with E-state index in [0.29, 0.717) is 51.8 Å². The first-order chi connectivity index (χ1) is 18.8. The van der Waals surface area contributed by atoms with E-state index in [4.69, 9.17) is 9.47 Å². The molecule has 0 saturated heterocycles. The number of benzene rings is 2. The van der Waals surface area contributed by atoms with Crippen molar-refractivity contribution in [2.24, 2.45) is 5.92 Å². The van der Waals surface area contributed by atoms with Crippen molar-refractivity contribution in [3.05, 3.63) is 59.7 Å². The molecular weight excluding hydrogens is 498 g/mol. The molecule has 0 spiro atoms. The van der Waals surface area contributed by atoms with E-state index >= 15 is 0 Å². The van der Waals surface area contributed by atoms with Gasteiger partial charge in [0.1, 0.15) is 24.1 Å². The van der Waals surface area contributed by atoms with Gasteiger partial charge in [-0.1, -0.05) is 57.5 Å². The smallest absolute Gasteiger partial charge is 0.329 e. The van der Waals surface area contributed by atoms with Gasteiger partial charge in [-0.2, -0.15) is 0 Å². The van der Waals surface area contributed by atoms with Crippen molar-refractivity contribution in [2.75, 3.05) is 19.7 Å². The van der Waals surface area contributed by atoms with Crippen LogP contribution >= 0.6 is 0 Å². The number of aromatic hydroxyl groups is 1. The Labute approximate surface area is 230 Å². The molecule has 2 amide bonds. The van der Waals surface area contributed by atoms with Crippen molar-refractivity contribution in [1.82, 2.24) is 16.0 Å². The second-order valence-electron chi connectivity index (χ2n) is 10.2. The van der Waals surface area contributed by atoms with Crippen molar-refractivity contribution in [1.29, 1.82) is 0 Å². The number of para-hydroxylation sites is 1. The molecule has 212 valence electrons. The summed E-state index contributed by atoms with van der Waals surface area (Å²) in [7, 11) is 0. The van der Waals surface area contributed by atoms with Crippen LogP contribution in [0.5, 0.6) is 11.5 Å². The summed E-state index contributed by atoms with van der Waals surface area (Å²) in [5.74, 6) is -0.682. The standard InChI is InChI=1S/C30H41N3O6/c1-4-8-26-29(36)32-16-7-10-22-9-5-6-11-25(22)38-18-17-31-24(19-21-12-14-23(34)15-13-21)28(35)33-27(20(2)3)30(37)39-26/h5-6,9,11-15,20,24,26-27,31,34H,4,7-8,10,16-19H2,1-3H3,(H,32,36)(H,33,35)/t24-,26+,27-/m1/s1. The second-order valence-corrected chi connectivity index (χ2v) is 10.2. The Balaban J connectivity index is 1.85. The molecule has 1 aliphatic rings. The minimum atomic E-state index is -0.930. The lowest BCUT2D eigenvalue weighted by Gasteiger charge is -2.27. The molecule has 2 aromatic carbocycles. The minimum absolute atomic E-state index is 0.140. The van der Waals surface area contributed by atoms with Crippen LogP contribution in [0.4, 0.5) is 0 Å². The highest BCUT2D eigenvalue weighted by atomic mass is 16.5. The van der Waals surface area contributed by atoms with Crippen LogP contribution in [0, 0.1) is 5.92 Å². The zero-order chi connectivity index (χ0) is 28.2. The molecule has 39 heavy (non-hydrogen) atoms. The van der Waals surface area contributed by atoms with E-state index in [9.17, 15) is 19.5 Å². The average Bonchev–Trinajstić information content (AvgIpc) is 2.91. The molecule has 2 aromatic rings. The van der Waals surface area contributed by atoms with Gasteiger partial charge in [0.2, 0.25) is 5.91 Å². The first-order valence-corrected chi connectivity index (χ1v) is 13.8. The number of cyclic esters (lactones) is 1. The fourth-order valence-electron chi connectivity index (χ4n) is 4.45. The summed E-state index contributed by atoms with van der Waals surface area (Å²) in [6.45, 7) is 6.74. The molecule has 1 aliphatic heterocycles. The predicted octanol–water partition coefficient (Wildman–Crippen LogP) is 2.89. The highest BCUT2D eigenvalue weighted by Gasteiger charge is 2.32. The van der Waals surface area contributed by atoms with Gasteiger partial charge in [0.25, 0.3) is 5.91 Å². The molecule has 0 saturated carbocycles. The molecule has 0 unspecified atom stereocenters. The van der Waals surface area contributed by atoms with Gasteiger partial charge in [-0.25, -0.2) is 4.79 Å². The normalized spacial score (nSPS) is 21.9. The van der Waals surface area contributed by atoms with Gasteiger partial charge in [0.05, 0.1) is 6.04 Å². The van der Waals surface area contributed by atoms with Crippen LogP contribution in [0.3, 0.4) is 0 Å². The van der Waals surface area contributed by atoms with Crippen LogP contribution in [-0.4, -0.2) is 60.8 Å². The molecule has 9 heteroatoms. The number of ether oxygens (including phenoxy) is 2. The lowest BCUT2D eigenvalue weighted by Crippen LogP contribution is -2.54. The maximum Gasteiger partial charge on any atom is 0.329 e. The van der Waals surface area contributed by atoms with Gasteiger partial charge in [0.15, 0.2) is 6.10 Å². The van der Waals surface area contributed by atoms with E-state index in [2.05, 4.69) is 16.0 Å². The van der Waals surface area contributed by atoms with E-state index in [1.807, 2.05) is 45.0 Å². The first kappa shape index (κ1) is 30.0. The van der Waals surface area contributed by atoms with Gasteiger partial charge in [-0.3, -0.25) is 9.59 Å². The fourth-order valence-corrected chi connectivity index (χ4v) is 4.45. The maximum absolute atomic E-state index is 13.5. The summed E-state index contributed by atoms with van der Waals surface area (Å²) in [6, 6.07) is 12.8. The summed E-state index contributed by atoms with van der Waals surface area (Å²) in [5, 5.41) is 18.6. The van der Waals surface area contributed by atoms with E-state index in [0.717, 1.165) is 16.9 Å². The average molecular weight is 540 g/mol. The van der Waals surface area contributed by atoms with Crippen molar-refractivity contribution < 1.29 is 29.0 Å². The summed E-state index contributed by atoms with van der Waals surface area (Å²) in [6.07, 6.45) is 1.87. The Hall–Kier alpha value is -3.59. The van der Waals surface area contributed by atoms with Gasteiger partial charge in [-0.05, 0) is 60.9 Å². The summed E-state index contributed by atoms with van der Waals surface area (Å²) in [5.41, 5.74) is 1.87. The zero-order valence-electron chi connectivity index (χ0n) is 23.1. The van der Waals surface area contributed by atoms with Crippen molar-refractivity contribution in [3.8, 4) is 11.5 Å². The third kappa shape index (κ3) is 9.28. The van der Waals surface area contributed by atoms with Crippen molar-refractivity contribution >= 4 is 17.8 Å². The SMILES string of the molecule is CCC[C@@H]1OC(=O)[C@@H](C(C)C)NC(=O)[C@@H](Cc2ccc(O)cc2)NCCOc2ccccc2CCCNC1=O. The third-order valence-electron chi connectivity index (χ3n) is 6.66. The lowest BCUT2D eigenvalue weighted by atomic mass is 10.0. The van der Waals surface area contributed by atoms with Crippen molar-refractivity contribution in [3.63, 3.8) is 0 Å². The molecule has 3 rings (SSSR count). The number of nitrogens with one attached hydrogen (secondary N) is 3. The molecule has 4 N–H and O–H groups in total. The minimum Gasteiger partial charge on any atom is -0.508 e. The van der Waals surface area contributed by atoms with Crippen molar-refractivity contribution in [2.45, 2.75) is 71.1 Å². The lowest BCUT2D eigenvalue weighted by molar-refractivity contribution is -0.160. The first-order valence-electron chi connectivity index (χ1n) is 13.8. The summed E-state index contributed by atoms with van der Waals surface area (Å²) in [4.78, 5) is 39.5. The van der Waals surface area contributed by atoms with Crippen LogP contribution < -0.4 is 20.7 Å². The van der Waals surface area contributed by atoms with Crippen LogP contribution in [-0.2, 0) is 32.0 Å². The molecule has 0 aliphatic carbocycles. The molecule has 1 heterocycles. The molecule has 9 nitrogen and oxygen atoms in total.